The van der Waals surface area contributed by atoms with E-state index in [1.165, 1.54) is 12.1 Å². The smallest absolute Gasteiger partial charge is 0.240 e. The van der Waals surface area contributed by atoms with E-state index in [2.05, 4.69) is 4.72 Å². The van der Waals surface area contributed by atoms with Crippen molar-refractivity contribution in [2.45, 2.75) is 31.5 Å². The molecule has 0 aliphatic carbocycles. The molecule has 1 rings (SSSR count). The molecule has 0 bridgehead atoms. The molecule has 0 radical (unpaired) electrons. The predicted molar refractivity (Wildman–Crippen MR) is 68.6 cm³/mol. The van der Waals surface area contributed by atoms with Crippen LogP contribution in [-0.4, -0.2) is 32.8 Å². The molecule has 0 fully saturated rings. The van der Waals surface area contributed by atoms with Crippen LogP contribution in [0.4, 0.5) is 0 Å². The molecule has 2 N–H and O–H groups in total. The van der Waals surface area contributed by atoms with Crippen LogP contribution in [0.25, 0.3) is 0 Å². The summed E-state index contributed by atoms with van der Waals surface area (Å²) in [6.07, 6.45) is -0.175. The Kier molecular flexibility index (Phi) is 5.74. The van der Waals surface area contributed by atoms with Crippen molar-refractivity contribution in [2.75, 3.05) is 13.2 Å². The highest BCUT2D eigenvalue weighted by Crippen LogP contribution is 2.11. The van der Waals surface area contributed by atoms with Crippen LogP contribution in [-0.2, 0) is 21.4 Å². The molecule has 0 aromatic heterocycles. The van der Waals surface area contributed by atoms with Crippen molar-refractivity contribution < 1.29 is 18.3 Å². The molecule has 1 aromatic carbocycles. The third-order valence-electron chi connectivity index (χ3n) is 2.40. The van der Waals surface area contributed by atoms with E-state index in [4.69, 9.17) is 9.84 Å². The highest BCUT2D eigenvalue weighted by atomic mass is 32.2. The summed E-state index contributed by atoms with van der Waals surface area (Å²) in [5.41, 5.74) is 0.565. The molecular weight excluding hydrogens is 254 g/mol. The lowest BCUT2D eigenvalue weighted by Crippen LogP contribution is -2.32. The maximum Gasteiger partial charge on any atom is 0.240 e. The van der Waals surface area contributed by atoms with Crippen LogP contribution in [0.1, 0.15) is 19.4 Å². The first kappa shape index (κ1) is 15.1. The topological polar surface area (TPSA) is 75.6 Å². The van der Waals surface area contributed by atoms with Gasteiger partial charge < -0.3 is 9.84 Å². The van der Waals surface area contributed by atoms with Crippen LogP contribution >= 0.6 is 0 Å². The SMILES string of the molecule is CCOC(C)CNS(=O)(=O)c1cccc(CO)c1. The average Bonchev–Trinajstić information content (AvgIpc) is 2.37. The quantitative estimate of drug-likeness (QED) is 0.773. The van der Waals surface area contributed by atoms with Crippen LogP contribution in [0.15, 0.2) is 29.2 Å². The second-order valence-corrected chi connectivity index (χ2v) is 5.69. The third-order valence-corrected chi connectivity index (χ3v) is 3.82. The second-order valence-electron chi connectivity index (χ2n) is 3.92. The van der Waals surface area contributed by atoms with Gasteiger partial charge in [-0.3, -0.25) is 0 Å². The zero-order valence-electron chi connectivity index (χ0n) is 10.6. The lowest BCUT2D eigenvalue weighted by atomic mass is 10.2. The molecule has 6 heteroatoms. The Morgan fingerprint density at radius 2 is 2.17 bits per heavy atom. The molecule has 0 aliphatic heterocycles. The van der Waals surface area contributed by atoms with Gasteiger partial charge in [0.25, 0.3) is 0 Å². The molecule has 0 saturated carbocycles. The van der Waals surface area contributed by atoms with Gasteiger partial charge in [-0.05, 0) is 31.5 Å². The Hall–Kier alpha value is -0.950. The number of sulfonamides is 1. The number of hydrogen-bond donors (Lipinski definition) is 2. The van der Waals surface area contributed by atoms with Gasteiger partial charge in [0.05, 0.1) is 17.6 Å². The second kappa shape index (κ2) is 6.84. The Morgan fingerprint density at radius 1 is 1.44 bits per heavy atom. The van der Waals surface area contributed by atoms with Gasteiger partial charge in [0.1, 0.15) is 0 Å². The predicted octanol–water partition coefficient (Wildman–Crippen LogP) is 0.882. The van der Waals surface area contributed by atoms with Crippen LogP contribution in [0.5, 0.6) is 0 Å². The van der Waals surface area contributed by atoms with E-state index in [0.29, 0.717) is 12.2 Å². The van der Waals surface area contributed by atoms with E-state index in [9.17, 15) is 8.42 Å². The van der Waals surface area contributed by atoms with Gasteiger partial charge in [-0.2, -0.15) is 0 Å². The van der Waals surface area contributed by atoms with Gasteiger partial charge in [0, 0.05) is 13.2 Å². The minimum atomic E-state index is -3.55. The molecule has 0 spiro atoms. The van der Waals surface area contributed by atoms with Crippen LogP contribution < -0.4 is 4.72 Å². The summed E-state index contributed by atoms with van der Waals surface area (Å²) in [6.45, 7) is 4.24. The molecule has 0 heterocycles. The lowest BCUT2D eigenvalue weighted by molar-refractivity contribution is 0.0799. The maximum atomic E-state index is 12.0. The van der Waals surface area contributed by atoms with E-state index in [1.807, 2.05) is 6.92 Å². The van der Waals surface area contributed by atoms with E-state index in [-0.39, 0.29) is 24.2 Å². The lowest BCUT2D eigenvalue weighted by Gasteiger charge is -2.13. The van der Waals surface area contributed by atoms with Gasteiger partial charge >= 0.3 is 0 Å². The molecule has 1 unspecified atom stereocenters. The van der Waals surface area contributed by atoms with Crippen molar-refractivity contribution in [2.24, 2.45) is 0 Å². The van der Waals surface area contributed by atoms with E-state index >= 15 is 0 Å². The molecule has 102 valence electrons. The van der Waals surface area contributed by atoms with Crippen molar-refractivity contribution >= 4 is 10.0 Å². The molecular formula is C12H19NO4S. The molecule has 18 heavy (non-hydrogen) atoms. The van der Waals surface area contributed by atoms with E-state index < -0.39 is 10.0 Å². The van der Waals surface area contributed by atoms with Gasteiger partial charge in [-0.15, -0.1) is 0 Å². The number of ether oxygens (including phenoxy) is 1. The third kappa shape index (κ3) is 4.38. The van der Waals surface area contributed by atoms with Gasteiger partial charge in [0.2, 0.25) is 10.0 Å². The normalized spacial score (nSPS) is 13.5. The molecule has 0 saturated heterocycles. The van der Waals surface area contributed by atoms with Crippen molar-refractivity contribution in [3.05, 3.63) is 29.8 Å². The monoisotopic (exact) mass is 273 g/mol. The number of rotatable bonds is 7. The zero-order valence-corrected chi connectivity index (χ0v) is 11.4. The Morgan fingerprint density at radius 3 is 2.78 bits per heavy atom. The highest BCUT2D eigenvalue weighted by molar-refractivity contribution is 7.89. The standard InChI is InChI=1S/C12H19NO4S/c1-3-17-10(2)8-13-18(15,16)12-6-4-5-11(7-12)9-14/h4-7,10,13-14H,3,8-9H2,1-2H3. The Bertz CT molecular complexity index is 473. The molecule has 1 aromatic rings. The first-order valence-electron chi connectivity index (χ1n) is 5.80. The first-order valence-corrected chi connectivity index (χ1v) is 7.29. The summed E-state index contributed by atoms with van der Waals surface area (Å²) in [5, 5.41) is 8.98. The number of aliphatic hydroxyl groups excluding tert-OH is 1. The summed E-state index contributed by atoms with van der Waals surface area (Å²) in [6, 6.07) is 6.22. The van der Waals surface area contributed by atoms with Crippen LogP contribution in [0, 0.1) is 0 Å². The maximum absolute atomic E-state index is 12.0. The minimum absolute atomic E-state index is 0.151. The van der Waals surface area contributed by atoms with Crippen molar-refractivity contribution in [3.8, 4) is 0 Å². The fourth-order valence-corrected chi connectivity index (χ4v) is 2.65. The summed E-state index contributed by atoms with van der Waals surface area (Å²) in [4.78, 5) is 0.151. The average molecular weight is 273 g/mol. The molecule has 1 atom stereocenters. The van der Waals surface area contributed by atoms with Crippen molar-refractivity contribution in [1.82, 2.24) is 4.72 Å². The fraction of sp³-hybridized carbons (Fsp3) is 0.500. The molecule has 0 amide bonds. The Labute approximate surface area is 108 Å². The van der Waals surface area contributed by atoms with Crippen molar-refractivity contribution in [3.63, 3.8) is 0 Å². The van der Waals surface area contributed by atoms with Crippen LogP contribution in [0.2, 0.25) is 0 Å². The fourth-order valence-electron chi connectivity index (χ4n) is 1.46. The summed E-state index contributed by atoms with van der Waals surface area (Å²) < 4.78 is 31.6. The van der Waals surface area contributed by atoms with E-state index in [1.54, 1.807) is 19.1 Å². The van der Waals surface area contributed by atoms with Crippen LogP contribution in [0.3, 0.4) is 0 Å². The first-order chi connectivity index (χ1) is 8.49. The number of nitrogens with one attached hydrogen (secondary N) is 1. The number of aliphatic hydroxyl groups is 1. The summed E-state index contributed by atoms with van der Waals surface area (Å²) in [7, 11) is -3.55. The van der Waals surface area contributed by atoms with Gasteiger partial charge in [-0.25, -0.2) is 13.1 Å². The Balaban J connectivity index is 2.73. The molecule has 5 nitrogen and oxygen atoms in total. The highest BCUT2D eigenvalue weighted by Gasteiger charge is 2.15. The largest absolute Gasteiger partial charge is 0.392 e. The van der Waals surface area contributed by atoms with Gasteiger partial charge in [0.15, 0.2) is 0 Å². The summed E-state index contributed by atoms with van der Waals surface area (Å²) >= 11 is 0. The molecule has 0 aliphatic rings. The van der Waals surface area contributed by atoms with Crippen molar-refractivity contribution in [1.29, 1.82) is 0 Å². The summed E-state index contributed by atoms with van der Waals surface area (Å²) in [5.74, 6) is 0. The number of hydrogen-bond acceptors (Lipinski definition) is 4. The zero-order chi connectivity index (χ0) is 13.6. The van der Waals surface area contributed by atoms with E-state index in [0.717, 1.165) is 0 Å². The number of benzene rings is 1. The minimum Gasteiger partial charge on any atom is -0.392 e. The van der Waals surface area contributed by atoms with Gasteiger partial charge in [-0.1, -0.05) is 12.1 Å².